The van der Waals surface area contributed by atoms with Crippen molar-refractivity contribution in [1.82, 2.24) is 5.32 Å². The number of alkyl halides is 1. The Labute approximate surface area is 228 Å². The molecule has 38 heavy (non-hydrogen) atoms. The van der Waals surface area contributed by atoms with Crippen LogP contribution in [-0.2, 0) is 9.59 Å². The molecule has 5 aliphatic rings. The second-order valence-electron chi connectivity index (χ2n) is 14.9. The number of hydrogen-bond acceptors (Lipinski definition) is 3. The van der Waals surface area contributed by atoms with Crippen molar-refractivity contribution in [2.45, 2.75) is 92.9 Å². The molecular formula is C33H47FN2O2. The van der Waals surface area contributed by atoms with Gasteiger partial charge in [0.25, 0.3) is 0 Å². The van der Waals surface area contributed by atoms with E-state index in [0.29, 0.717) is 23.3 Å². The molecule has 0 aliphatic heterocycles. The molecule has 3 unspecified atom stereocenters. The van der Waals surface area contributed by atoms with Crippen LogP contribution >= 0.6 is 0 Å². The molecule has 0 radical (unpaired) electrons. The fraction of sp³-hybridized carbons (Fsp3) is 0.788. The van der Waals surface area contributed by atoms with Gasteiger partial charge >= 0.3 is 0 Å². The van der Waals surface area contributed by atoms with Gasteiger partial charge in [-0.2, -0.15) is 5.26 Å². The Morgan fingerprint density at radius 2 is 1.76 bits per heavy atom. The number of allylic oxidation sites excluding steroid dienone is 3. The average molecular weight is 523 g/mol. The summed E-state index contributed by atoms with van der Waals surface area (Å²) in [6.07, 6.45) is 9.91. The van der Waals surface area contributed by atoms with Crippen LogP contribution in [0.1, 0.15) is 92.9 Å². The molecule has 208 valence electrons. The molecule has 0 aromatic heterocycles. The number of rotatable bonds is 4. The summed E-state index contributed by atoms with van der Waals surface area (Å²) in [6.45, 7) is 17.5. The summed E-state index contributed by atoms with van der Waals surface area (Å²) in [7, 11) is 0. The van der Waals surface area contributed by atoms with E-state index in [4.69, 9.17) is 0 Å². The maximum atomic E-state index is 13.7. The molecule has 4 nitrogen and oxygen atoms in total. The molecule has 1 amide bonds. The Balaban J connectivity index is 1.59. The fourth-order valence-electron chi connectivity index (χ4n) is 11.5. The molecule has 0 saturated heterocycles. The van der Waals surface area contributed by atoms with Crippen molar-refractivity contribution in [2.24, 2.45) is 56.7 Å². The first-order valence-electron chi connectivity index (χ1n) is 14.9. The normalized spacial score (nSPS) is 46.9. The van der Waals surface area contributed by atoms with Crippen LogP contribution in [0.3, 0.4) is 0 Å². The Bertz CT molecular complexity index is 1130. The molecule has 0 bridgehead atoms. The van der Waals surface area contributed by atoms with Crippen molar-refractivity contribution in [3.8, 4) is 6.07 Å². The first kappa shape index (κ1) is 27.6. The lowest BCUT2D eigenvalue weighted by atomic mass is 9.32. The summed E-state index contributed by atoms with van der Waals surface area (Å²) in [6, 6.07) is 2.25. The lowest BCUT2D eigenvalue weighted by Gasteiger charge is -2.71. The van der Waals surface area contributed by atoms with Crippen LogP contribution in [-0.4, -0.2) is 24.9 Å². The smallest absolute Gasteiger partial charge is 0.226 e. The largest absolute Gasteiger partial charge is 0.353 e. The van der Waals surface area contributed by atoms with Crippen molar-refractivity contribution in [3.63, 3.8) is 0 Å². The quantitative estimate of drug-likeness (QED) is 0.405. The minimum atomic E-state index is -0.541. The van der Waals surface area contributed by atoms with Crippen molar-refractivity contribution >= 4 is 11.7 Å². The van der Waals surface area contributed by atoms with E-state index in [9.17, 15) is 19.2 Å². The third kappa shape index (κ3) is 3.30. The van der Waals surface area contributed by atoms with Gasteiger partial charge in [0.2, 0.25) is 5.91 Å². The second kappa shape index (κ2) is 8.77. The van der Waals surface area contributed by atoms with Gasteiger partial charge in [-0.3, -0.25) is 9.59 Å². The number of amides is 1. The second-order valence-corrected chi connectivity index (χ2v) is 14.9. The molecule has 0 aromatic rings. The Hall–Kier alpha value is -1.96. The zero-order chi connectivity index (χ0) is 27.9. The Morgan fingerprint density at radius 3 is 2.39 bits per heavy atom. The minimum Gasteiger partial charge on any atom is -0.353 e. The molecule has 5 heteroatoms. The van der Waals surface area contributed by atoms with E-state index in [0.717, 1.165) is 51.4 Å². The van der Waals surface area contributed by atoms with Crippen molar-refractivity contribution < 1.29 is 14.0 Å². The number of carbonyl (C=O) groups excluding carboxylic acids is 2. The van der Waals surface area contributed by atoms with Gasteiger partial charge in [0.1, 0.15) is 12.7 Å². The summed E-state index contributed by atoms with van der Waals surface area (Å²) >= 11 is 0. The molecule has 0 spiro atoms. The van der Waals surface area contributed by atoms with Gasteiger partial charge in [0.05, 0.1) is 11.0 Å². The zero-order valence-corrected chi connectivity index (χ0v) is 24.4. The third-order valence-electron chi connectivity index (χ3n) is 13.4. The SMILES string of the molecule is C=C(C)[C@@H]1CC[C@]2(C(=O)NCCF)CC[C@]3(C)C(CC[C@@H]4[C@@]5(C)C=C(C#N)C(=O)C(C)(C)C5CC[C@]43C)C12. The standard InChI is InChI=1S/C33H47FN2O2/c1-20(2)22-10-13-33(28(38)36-17-16-34)15-14-31(6)23(26(22)33)8-9-25-30(5)18-21(19-35)27(37)29(3,4)24(30)11-12-32(25,31)7/h18,22-26H,1,8-17H2,2-7H3,(H,36,38)/t22-,23?,24?,25+,26?,30-,31+,32+,33-/m0/s1. The van der Waals surface area contributed by atoms with Crippen LogP contribution in [0.4, 0.5) is 4.39 Å². The molecule has 5 rings (SSSR count). The van der Waals surface area contributed by atoms with Gasteiger partial charge < -0.3 is 5.32 Å². The molecular weight excluding hydrogens is 475 g/mol. The predicted molar refractivity (Wildman–Crippen MR) is 147 cm³/mol. The molecule has 1 N–H and O–H groups in total. The number of ketones is 1. The number of hydrogen-bond donors (Lipinski definition) is 1. The number of nitrogens with one attached hydrogen (secondary N) is 1. The Kier molecular flexibility index (Phi) is 6.37. The summed E-state index contributed by atoms with van der Waals surface area (Å²) in [5.74, 6) is 1.61. The number of halogens is 1. The molecule has 5 aliphatic carbocycles. The molecule has 4 saturated carbocycles. The van der Waals surface area contributed by atoms with E-state index in [1.54, 1.807) is 0 Å². The third-order valence-corrected chi connectivity index (χ3v) is 13.4. The monoisotopic (exact) mass is 522 g/mol. The average Bonchev–Trinajstić information content (AvgIpc) is 3.26. The summed E-state index contributed by atoms with van der Waals surface area (Å²) in [4.78, 5) is 26.9. The highest BCUT2D eigenvalue weighted by Gasteiger charge is 2.71. The van der Waals surface area contributed by atoms with E-state index in [2.05, 4.69) is 65.6 Å². The summed E-state index contributed by atoms with van der Waals surface area (Å²) < 4.78 is 13.1. The lowest BCUT2D eigenvalue weighted by molar-refractivity contribution is -0.218. The minimum absolute atomic E-state index is 0.00275. The highest BCUT2D eigenvalue weighted by Crippen LogP contribution is 2.77. The van der Waals surface area contributed by atoms with Gasteiger partial charge in [-0.25, -0.2) is 4.39 Å². The van der Waals surface area contributed by atoms with Crippen LogP contribution in [0.25, 0.3) is 0 Å². The van der Waals surface area contributed by atoms with Crippen LogP contribution in [0, 0.1) is 68.0 Å². The highest BCUT2D eigenvalue weighted by atomic mass is 19.1. The summed E-state index contributed by atoms with van der Waals surface area (Å²) in [5, 5.41) is 12.9. The van der Waals surface area contributed by atoms with Gasteiger partial charge in [0.15, 0.2) is 5.78 Å². The lowest BCUT2D eigenvalue weighted by Crippen LogP contribution is -2.66. The number of fused-ring (bicyclic) bond motifs is 7. The van der Waals surface area contributed by atoms with Gasteiger partial charge in [-0.1, -0.05) is 52.8 Å². The number of nitriles is 1. The van der Waals surface area contributed by atoms with E-state index >= 15 is 0 Å². The maximum absolute atomic E-state index is 13.7. The molecule has 0 heterocycles. The van der Waals surface area contributed by atoms with Crippen molar-refractivity contribution in [1.29, 1.82) is 5.26 Å². The fourth-order valence-corrected chi connectivity index (χ4v) is 11.5. The topological polar surface area (TPSA) is 70.0 Å². The summed E-state index contributed by atoms with van der Waals surface area (Å²) in [5.41, 5.74) is 0.425. The molecule has 9 atom stereocenters. The predicted octanol–water partition coefficient (Wildman–Crippen LogP) is 6.97. The van der Waals surface area contributed by atoms with E-state index in [1.807, 2.05) is 0 Å². The van der Waals surface area contributed by atoms with E-state index in [1.165, 1.54) is 5.57 Å². The maximum Gasteiger partial charge on any atom is 0.226 e. The van der Waals surface area contributed by atoms with Crippen LogP contribution in [0.5, 0.6) is 0 Å². The van der Waals surface area contributed by atoms with Gasteiger partial charge in [-0.15, -0.1) is 0 Å². The van der Waals surface area contributed by atoms with Crippen LogP contribution in [0.15, 0.2) is 23.8 Å². The van der Waals surface area contributed by atoms with E-state index in [-0.39, 0.29) is 46.3 Å². The van der Waals surface area contributed by atoms with Crippen molar-refractivity contribution in [3.05, 3.63) is 23.8 Å². The highest BCUT2D eigenvalue weighted by molar-refractivity contribution is 6.04. The van der Waals surface area contributed by atoms with Gasteiger partial charge in [-0.05, 0) is 104 Å². The first-order chi connectivity index (χ1) is 17.7. The van der Waals surface area contributed by atoms with Crippen LogP contribution in [0.2, 0.25) is 0 Å². The van der Waals surface area contributed by atoms with Crippen molar-refractivity contribution in [2.75, 3.05) is 13.2 Å². The zero-order valence-electron chi connectivity index (χ0n) is 24.4. The molecule has 4 fully saturated rings. The number of Topliss-reactive ketones (excluding diaryl/α,β-unsaturated/α-hetero) is 1. The first-order valence-corrected chi connectivity index (χ1v) is 14.9. The molecule has 0 aromatic carbocycles. The van der Waals surface area contributed by atoms with E-state index < -0.39 is 17.5 Å². The number of nitrogens with zero attached hydrogens (tertiary/aromatic N) is 1. The Morgan fingerprint density at radius 1 is 1.05 bits per heavy atom. The van der Waals surface area contributed by atoms with Gasteiger partial charge in [0, 0.05) is 12.0 Å². The van der Waals surface area contributed by atoms with Crippen LogP contribution < -0.4 is 5.32 Å². The number of carbonyl (C=O) groups is 2.